The normalized spacial score (nSPS) is 19.9. The Hall–Kier alpha value is -1.79. The quantitative estimate of drug-likeness (QED) is 0.484. The minimum Gasteiger partial charge on any atom is -0.326 e. The molecule has 18 heavy (non-hydrogen) atoms. The minimum absolute atomic E-state index is 0.00487. The van der Waals surface area contributed by atoms with E-state index in [1.54, 1.807) is 0 Å². The first-order valence-electron chi connectivity index (χ1n) is 5.82. The summed E-state index contributed by atoms with van der Waals surface area (Å²) in [5, 5.41) is 10.5. The maximum Gasteiger partial charge on any atom is 0.269 e. The van der Waals surface area contributed by atoms with Gasteiger partial charge in [0, 0.05) is 36.8 Å². The number of nitrogens with two attached hydrogens (primary N) is 1. The van der Waals surface area contributed by atoms with Gasteiger partial charge in [0.1, 0.15) is 0 Å². The zero-order chi connectivity index (χ0) is 13.1. The molecule has 0 aliphatic carbocycles. The number of carbonyl (C=O) groups excluding carboxylic acids is 1. The Morgan fingerprint density at radius 1 is 1.44 bits per heavy atom. The molecule has 0 bridgehead atoms. The van der Waals surface area contributed by atoms with Crippen molar-refractivity contribution in [2.75, 3.05) is 19.6 Å². The van der Waals surface area contributed by atoms with E-state index in [0.717, 1.165) is 19.5 Å². The molecule has 2 rings (SSSR count). The van der Waals surface area contributed by atoms with Gasteiger partial charge in [0.25, 0.3) is 5.69 Å². The molecule has 96 valence electrons. The largest absolute Gasteiger partial charge is 0.326 e. The van der Waals surface area contributed by atoms with Gasteiger partial charge in [-0.1, -0.05) is 0 Å². The topological polar surface area (TPSA) is 89.5 Å². The number of carbonyl (C=O) groups is 1. The smallest absolute Gasteiger partial charge is 0.269 e. The number of likely N-dealkylation sites (tertiary alicyclic amines) is 1. The van der Waals surface area contributed by atoms with Gasteiger partial charge < -0.3 is 5.73 Å². The second-order valence-electron chi connectivity index (χ2n) is 4.51. The summed E-state index contributed by atoms with van der Waals surface area (Å²) in [5.74, 6) is -0.0287. The summed E-state index contributed by atoms with van der Waals surface area (Å²) < 4.78 is 0. The summed E-state index contributed by atoms with van der Waals surface area (Å²) in [7, 11) is 0. The fraction of sp³-hybridized carbons (Fsp3) is 0.417. The van der Waals surface area contributed by atoms with Crippen LogP contribution in [0, 0.1) is 10.1 Å². The molecule has 1 atom stereocenters. The van der Waals surface area contributed by atoms with Crippen molar-refractivity contribution in [3.8, 4) is 0 Å². The van der Waals surface area contributed by atoms with Crippen molar-refractivity contribution in [1.82, 2.24) is 4.90 Å². The molecule has 1 unspecified atom stereocenters. The third kappa shape index (κ3) is 2.91. The first-order chi connectivity index (χ1) is 8.56. The van der Waals surface area contributed by atoms with Crippen LogP contribution in [-0.2, 0) is 0 Å². The summed E-state index contributed by atoms with van der Waals surface area (Å²) in [6, 6.07) is 5.84. The van der Waals surface area contributed by atoms with Crippen LogP contribution in [0.3, 0.4) is 0 Å². The van der Waals surface area contributed by atoms with Gasteiger partial charge >= 0.3 is 0 Å². The molecule has 6 heteroatoms. The van der Waals surface area contributed by atoms with Gasteiger partial charge in [-0.15, -0.1) is 0 Å². The number of Topliss-reactive ketones (excluding diaryl/α,β-unsaturated/α-hetero) is 1. The number of nitro groups is 1. The van der Waals surface area contributed by atoms with Crippen molar-refractivity contribution in [2.45, 2.75) is 12.5 Å². The number of non-ortho nitro benzene ring substituents is 1. The number of hydrogen-bond donors (Lipinski definition) is 1. The molecule has 0 spiro atoms. The molecule has 1 aliphatic rings. The van der Waals surface area contributed by atoms with E-state index in [-0.39, 0.29) is 17.5 Å². The highest BCUT2D eigenvalue weighted by atomic mass is 16.6. The molecule has 1 aromatic carbocycles. The lowest BCUT2D eigenvalue weighted by Crippen LogP contribution is -2.31. The monoisotopic (exact) mass is 249 g/mol. The molecule has 1 fully saturated rings. The number of rotatable bonds is 4. The maximum absolute atomic E-state index is 11.9. The van der Waals surface area contributed by atoms with Crippen LogP contribution in [0.1, 0.15) is 16.8 Å². The van der Waals surface area contributed by atoms with E-state index in [4.69, 9.17) is 5.73 Å². The van der Waals surface area contributed by atoms with Gasteiger partial charge in [-0.3, -0.25) is 19.8 Å². The van der Waals surface area contributed by atoms with Crippen LogP contribution in [-0.4, -0.2) is 41.3 Å². The zero-order valence-corrected chi connectivity index (χ0v) is 9.91. The molecule has 0 saturated carbocycles. The Labute approximate surface area is 105 Å². The van der Waals surface area contributed by atoms with Crippen molar-refractivity contribution in [3.05, 3.63) is 39.9 Å². The van der Waals surface area contributed by atoms with Crippen molar-refractivity contribution < 1.29 is 9.72 Å². The van der Waals surface area contributed by atoms with Crippen LogP contribution in [0.2, 0.25) is 0 Å². The summed E-state index contributed by atoms with van der Waals surface area (Å²) in [6.45, 7) is 1.89. The highest BCUT2D eigenvalue weighted by Gasteiger charge is 2.21. The predicted molar refractivity (Wildman–Crippen MR) is 66.5 cm³/mol. The second-order valence-corrected chi connectivity index (χ2v) is 4.51. The second kappa shape index (κ2) is 5.24. The highest BCUT2D eigenvalue weighted by molar-refractivity contribution is 5.97. The number of benzene rings is 1. The first kappa shape index (κ1) is 12.7. The van der Waals surface area contributed by atoms with E-state index in [1.807, 2.05) is 4.90 Å². The van der Waals surface area contributed by atoms with E-state index in [1.165, 1.54) is 24.3 Å². The standard InChI is InChI=1S/C12H15N3O3/c13-10-5-6-14(7-10)8-12(16)9-1-3-11(4-2-9)15(17)18/h1-4,10H,5-8,13H2. The molecule has 1 saturated heterocycles. The van der Waals surface area contributed by atoms with Gasteiger partial charge in [0.2, 0.25) is 0 Å². The molecule has 0 aromatic heterocycles. The molecule has 2 N–H and O–H groups in total. The van der Waals surface area contributed by atoms with Gasteiger partial charge in [-0.2, -0.15) is 0 Å². The van der Waals surface area contributed by atoms with Gasteiger partial charge in [0.05, 0.1) is 11.5 Å². The van der Waals surface area contributed by atoms with Crippen molar-refractivity contribution >= 4 is 11.5 Å². The number of hydrogen-bond acceptors (Lipinski definition) is 5. The Balaban J connectivity index is 1.98. The highest BCUT2D eigenvalue weighted by Crippen LogP contribution is 2.14. The maximum atomic E-state index is 11.9. The third-order valence-electron chi connectivity index (χ3n) is 3.08. The van der Waals surface area contributed by atoms with E-state index < -0.39 is 4.92 Å². The van der Waals surface area contributed by atoms with Crippen molar-refractivity contribution in [2.24, 2.45) is 5.73 Å². The van der Waals surface area contributed by atoms with Crippen molar-refractivity contribution in [3.63, 3.8) is 0 Å². The summed E-state index contributed by atoms with van der Waals surface area (Å²) in [5.41, 5.74) is 6.26. The molecular formula is C12H15N3O3. The van der Waals surface area contributed by atoms with E-state index in [2.05, 4.69) is 0 Å². The molecular weight excluding hydrogens is 234 g/mol. The van der Waals surface area contributed by atoms with Crippen LogP contribution < -0.4 is 5.73 Å². The average Bonchev–Trinajstić information content (AvgIpc) is 2.75. The van der Waals surface area contributed by atoms with Gasteiger partial charge in [-0.25, -0.2) is 0 Å². The van der Waals surface area contributed by atoms with Crippen LogP contribution in [0.4, 0.5) is 5.69 Å². The predicted octanol–water partition coefficient (Wildman–Crippen LogP) is 0.810. The van der Waals surface area contributed by atoms with Crippen LogP contribution in [0.15, 0.2) is 24.3 Å². The van der Waals surface area contributed by atoms with Crippen LogP contribution in [0.25, 0.3) is 0 Å². The minimum atomic E-state index is -0.478. The first-order valence-corrected chi connectivity index (χ1v) is 5.82. The molecule has 0 amide bonds. The number of nitro benzene ring substituents is 1. The van der Waals surface area contributed by atoms with Gasteiger partial charge in [-0.05, 0) is 18.6 Å². The molecule has 1 aliphatic heterocycles. The van der Waals surface area contributed by atoms with Gasteiger partial charge in [0.15, 0.2) is 5.78 Å². The fourth-order valence-electron chi connectivity index (χ4n) is 2.07. The summed E-state index contributed by atoms with van der Waals surface area (Å²) in [6.07, 6.45) is 0.910. The third-order valence-corrected chi connectivity index (χ3v) is 3.08. The summed E-state index contributed by atoms with van der Waals surface area (Å²) in [4.78, 5) is 24.0. The Morgan fingerprint density at radius 3 is 2.61 bits per heavy atom. The van der Waals surface area contributed by atoms with E-state index in [0.29, 0.717) is 12.1 Å². The number of ketones is 1. The Morgan fingerprint density at radius 2 is 2.11 bits per heavy atom. The lowest BCUT2D eigenvalue weighted by atomic mass is 10.1. The van der Waals surface area contributed by atoms with Crippen molar-refractivity contribution in [1.29, 1.82) is 0 Å². The zero-order valence-electron chi connectivity index (χ0n) is 9.91. The SMILES string of the molecule is NC1CCN(CC(=O)c2ccc([N+](=O)[O-])cc2)C1. The molecule has 0 radical (unpaired) electrons. The number of nitrogens with zero attached hydrogens (tertiary/aromatic N) is 2. The van der Waals surface area contributed by atoms with E-state index in [9.17, 15) is 14.9 Å². The van der Waals surface area contributed by atoms with Crippen LogP contribution >= 0.6 is 0 Å². The van der Waals surface area contributed by atoms with Crippen LogP contribution in [0.5, 0.6) is 0 Å². The lowest BCUT2D eigenvalue weighted by Gasteiger charge is -2.13. The average molecular weight is 249 g/mol. The van der Waals surface area contributed by atoms with E-state index >= 15 is 0 Å². The Kier molecular flexibility index (Phi) is 3.69. The molecule has 1 heterocycles. The molecule has 1 aromatic rings. The Bertz CT molecular complexity index is 458. The fourth-order valence-corrected chi connectivity index (χ4v) is 2.07. The molecule has 6 nitrogen and oxygen atoms in total. The lowest BCUT2D eigenvalue weighted by molar-refractivity contribution is -0.384. The summed E-state index contributed by atoms with van der Waals surface area (Å²) >= 11 is 0.